The van der Waals surface area contributed by atoms with Gasteiger partial charge in [-0.2, -0.15) is 0 Å². The first-order valence-electron chi connectivity index (χ1n) is 10.4. The van der Waals surface area contributed by atoms with E-state index in [1.807, 2.05) is 31.9 Å². The third-order valence-corrected chi connectivity index (χ3v) is 5.03. The van der Waals surface area contributed by atoms with Gasteiger partial charge in [-0.1, -0.05) is 37.3 Å². The molecule has 0 atom stereocenters. The van der Waals surface area contributed by atoms with Crippen LogP contribution in [0.4, 0.5) is 4.79 Å². The van der Waals surface area contributed by atoms with Crippen LogP contribution in [0.25, 0.3) is 0 Å². The summed E-state index contributed by atoms with van der Waals surface area (Å²) in [5, 5.41) is 8.06. The molecule has 0 radical (unpaired) electrons. The van der Waals surface area contributed by atoms with Gasteiger partial charge in [0.15, 0.2) is 0 Å². The summed E-state index contributed by atoms with van der Waals surface area (Å²) in [4.78, 5) is 14.4. The molecule has 0 bridgehead atoms. The van der Waals surface area contributed by atoms with Crippen LogP contribution in [-0.2, 0) is 17.8 Å². The second-order valence-corrected chi connectivity index (χ2v) is 8.64. The topological polar surface area (TPSA) is 86.3 Å². The van der Waals surface area contributed by atoms with Crippen molar-refractivity contribution in [1.82, 2.24) is 19.9 Å². The van der Waals surface area contributed by atoms with Gasteiger partial charge in [-0.05, 0) is 46.0 Å². The molecule has 1 saturated carbocycles. The lowest BCUT2D eigenvalue weighted by Crippen LogP contribution is -2.38. The summed E-state index contributed by atoms with van der Waals surface area (Å²) in [6, 6.07) is 0. The van der Waals surface area contributed by atoms with Crippen LogP contribution in [0.1, 0.15) is 77.8 Å². The van der Waals surface area contributed by atoms with Gasteiger partial charge < -0.3 is 15.4 Å². The minimum Gasteiger partial charge on any atom is -0.444 e. The highest BCUT2D eigenvalue weighted by atomic mass is 16.6. The van der Waals surface area contributed by atoms with Crippen molar-refractivity contribution in [3.8, 4) is 0 Å². The van der Waals surface area contributed by atoms with Crippen LogP contribution < -0.4 is 5.73 Å². The summed E-state index contributed by atoms with van der Waals surface area (Å²) in [5.41, 5.74) is 5.88. The molecule has 1 aliphatic rings. The molecule has 0 saturated heterocycles. The maximum absolute atomic E-state index is 12.6. The Morgan fingerprint density at radius 3 is 2.59 bits per heavy atom. The fraction of sp³-hybridized carbons (Fsp3) is 0.850. The number of hydrogen-bond donors (Lipinski definition) is 1. The number of amides is 1. The minimum absolute atomic E-state index is 0.215. The fourth-order valence-electron chi connectivity index (χ4n) is 3.63. The SMILES string of the molecule is CC(C)(C)OC(=O)N(CCCC1CCCCC1)CCCn1cc(CN)nn1. The third kappa shape index (κ3) is 8.28. The highest BCUT2D eigenvalue weighted by Gasteiger charge is 2.22. The number of carbonyl (C=O) groups is 1. The minimum atomic E-state index is -0.472. The van der Waals surface area contributed by atoms with Crippen molar-refractivity contribution in [1.29, 1.82) is 0 Å². The Kier molecular flexibility index (Phi) is 8.54. The van der Waals surface area contributed by atoms with Crippen LogP contribution in [0.3, 0.4) is 0 Å². The molecule has 2 N–H and O–H groups in total. The van der Waals surface area contributed by atoms with E-state index in [1.54, 1.807) is 4.68 Å². The summed E-state index contributed by atoms with van der Waals surface area (Å²) < 4.78 is 7.39. The zero-order valence-corrected chi connectivity index (χ0v) is 17.3. The van der Waals surface area contributed by atoms with Gasteiger partial charge in [-0.25, -0.2) is 4.79 Å². The van der Waals surface area contributed by atoms with E-state index < -0.39 is 5.60 Å². The fourth-order valence-corrected chi connectivity index (χ4v) is 3.63. The van der Waals surface area contributed by atoms with Gasteiger partial charge in [0.05, 0.1) is 5.69 Å². The Labute approximate surface area is 163 Å². The molecule has 0 unspecified atom stereocenters. The van der Waals surface area contributed by atoms with Gasteiger partial charge in [-0.3, -0.25) is 4.68 Å². The van der Waals surface area contributed by atoms with Crippen LogP contribution in [0.2, 0.25) is 0 Å². The van der Waals surface area contributed by atoms with E-state index in [0.717, 1.165) is 37.5 Å². The molecular weight excluding hydrogens is 342 g/mol. The number of rotatable bonds is 9. The lowest BCUT2D eigenvalue weighted by molar-refractivity contribution is 0.0239. The first kappa shape index (κ1) is 21.7. The molecule has 27 heavy (non-hydrogen) atoms. The van der Waals surface area contributed by atoms with E-state index in [0.29, 0.717) is 13.1 Å². The maximum atomic E-state index is 12.6. The Hall–Kier alpha value is -1.63. The van der Waals surface area contributed by atoms with Crippen molar-refractivity contribution in [3.63, 3.8) is 0 Å². The molecule has 0 aromatic carbocycles. The van der Waals surface area contributed by atoms with E-state index in [-0.39, 0.29) is 6.09 Å². The van der Waals surface area contributed by atoms with Crippen LogP contribution in [0.5, 0.6) is 0 Å². The van der Waals surface area contributed by atoms with Gasteiger partial charge in [-0.15, -0.1) is 5.10 Å². The highest BCUT2D eigenvalue weighted by molar-refractivity contribution is 5.68. The number of nitrogens with zero attached hydrogens (tertiary/aromatic N) is 4. The molecule has 7 heteroatoms. The zero-order chi connectivity index (χ0) is 19.7. The Morgan fingerprint density at radius 2 is 1.96 bits per heavy atom. The number of nitrogens with two attached hydrogens (primary N) is 1. The molecule has 2 rings (SSSR count). The van der Waals surface area contributed by atoms with Crippen LogP contribution in [0.15, 0.2) is 6.20 Å². The van der Waals surface area contributed by atoms with Gasteiger partial charge in [0.2, 0.25) is 0 Å². The number of hydrogen-bond acceptors (Lipinski definition) is 5. The zero-order valence-electron chi connectivity index (χ0n) is 17.3. The van der Waals surface area contributed by atoms with Gasteiger partial charge in [0, 0.05) is 32.4 Å². The van der Waals surface area contributed by atoms with E-state index in [2.05, 4.69) is 10.3 Å². The number of carbonyl (C=O) groups excluding carboxylic acids is 1. The predicted molar refractivity (Wildman–Crippen MR) is 106 cm³/mol. The first-order valence-corrected chi connectivity index (χ1v) is 10.4. The van der Waals surface area contributed by atoms with E-state index >= 15 is 0 Å². The molecular formula is C20H37N5O2. The van der Waals surface area contributed by atoms with Crippen molar-refractivity contribution in [2.75, 3.05) is 13.1 Å². The average Bonchev–Trinajstić information content (AvgIpc) is 3.08. The third-order valence-electron chi connectivity index (χ3n) is 5.03. The Bertz CT molecular complexity index is 561. The monoisotopic (exact) mass is 379 g/mol. The van der Waals surface area contributed by atoms with E-state index in [9.17, 15) is 4.79 Å². The molecule has 1 aliphatic carbocycles. The average molecular weight is 380 g/mol. The molecule has 1 amide bonds. The maximum Gasteiger partial charge on any atom is 0.410 e. The Morgan fingerprint density at radius 1 is 1.26 bits per heavy atom. The largest absolute Gasteiger partial charge is 0.444 e. The van der Waals surface area contributed by atoms with Crippen molar-refractivity contribution < 1.29 is 9.53 Å². The summed E-state index contributed by atoms with van der Waals surface area (Å²) in [6.45, 7) is 8.27. The molecule has 1 heterocycles. The van der Waals surface area contributed by atoms with Crippen LogP contribution >= 0.6 is 0 Å². The van der Waals surface area contributed by atoms with Crippen LogP contribution in [0, 0.1) is 5.92 Å². The summed E-state index contributed by atoms with van der Waals surface area (Å²) in [5.74, 6) is 0.837. The second kappa shape index (κ2) is 10.6. The second-order valence-electron chi connectivity index (χ2n) is 8.64. The molecule has 1 aromatic heterocycles. The quantitative estimate of drug-likeness (QED) is 0.706. The van der Waals surface area contributed by atoms with Gasteiger partial charge in [0.25, 0.3) is 0 Å². The number of aryl methyl sites for hydroxylation is 1. The standard InChI is InChI=1S/C20H37N5O2/c1-20(2,3)27-19(26)24(12-7-11-17-9-5-4-6-10-17)13-8-14-25-16-18(15-21)22-23-25/h16-17H,4-15,21H2,1-3H3. The number of aromatic nitrogens is 3. The van der Waals surface area contributed by atoms with E-state index in [4.69, 9.17) is 10.5 Å². The summed E-state index contributed by atoms with van der Waals surface area (Å²) >= 11 is 0. The molecule has 0 aliphatic heterocycles. The Balaban J connectivity index is 1.81. The van der Waals surface area contributed by atoms with Crippen molar-refractivity contribution in [2.45, 2.75) is 90.8 Å². The molecule has 1 aromatic rings. The van der Waals surface area contributed by atoms with Crippen LogP contribution in [-0.4, -0.2) is 44.7 Å². The van der Waals surface area contributed by atoms with Gasteiger partial charge >= 0.3 is 6.09 Å². The molecule has 1 fully saturated rings. The normalized spacial score (nSPS) is 15.7. The summed E-state index contributed by atoms with van der Waals surface area (Å²) in [6.07, 6.45) is 11.5. The number of ether oxygens (including phenoxy) is 1. The summed E-state index contributed by atoms with van der Waals surface area (Å²) in [7, 11) is 0. The molecule has 154 valence electrons. The predicted octanol–water partition coefficient (Wildman–Crippen LogP) is 3.72. The smallest absolute Gasteiger partial charge is 0.410 e. The molecule has 0 spiro atoms. The lowest BCUT2D eigenvalue weighted by Gasteiger charge is -2.28. The van der Waals surface area contributed by atoms with E-state index in [1.165, 1.54) is 38.5 Å². The van der Waals surface area contributed by atoms with Crippen molar-refractivity contribution in [3.05, 3.63) is 11.9 Å². The van der Waals surface area contributed by atoms with Crippen molar-refractivity contribution >= 4 is 6.09 Å². The van der Waals surface area contributed by atoms with Crippen molar-refractivity contribution in [2.24, 2.45) is 11.7 Å². The lowest BCUT2D eigenvalue weighted by atomic mass is 9.86. The first-order chi connectivity index (χ1) is 12.9. The molecule has 7 nitrogen and oxygen atoms in total. The van der Waals surface area contributed by atoms with Gasteiger partial charge in [0.1, 0.15) is 5.60 Å². The highest BCUT2D eigenvalue weighted by Crippen LogP contribution is 2.27.